The minimum Gasteiger partial charge on any atom is -0.306 e. The molecule has 0 saturated heterocycles. The molecule has 0 radical (unpaired) electrons. The summed E-state index contributed by atoms with van der Waals surface area (Å²) in [6.45, 7) is 1.29. The quantitative estimate of drug-likeness (QED) is 0.678. The number of nitrogens with one attached hydrogen (secondary N) is 2. The van der Waals surface area contributed by atoms with Crippen LogP contribution in [-0.2, 0) is 0 Å². The van der Waals surface area contributed by atoms with Crippen molar-refractivity contribution in [1.82, 2.24) is 9.97 Å². The molecule has 4 nitrogen and oxygen atoms in total. The van der Waals surface area contributed by atoms with E-state index >= 15 is 0 Å². The van der Waals surface area contributed by atoms with Gasteiger partial charge in [0, 0.05) is 5.56 Å². The molecule has 1 aromatic carbocycles. The normalized spacial score (nSPS) is 10.9. The smallest absolute Gasteiger partial charge is 0.306 e. The van der Waals surface area contributed by atoms with E-state index in [-0.39, 0.29) is 16.5 Å². The molecule has 1 aromatic heterocycles. The Hall–Kier alpha value is -1.98. The van der Waals surface area contributed by atoms with Crippen molar-refractivity contribution in [3.05, 3.63) is 44.1 Å². The van der Waals surface area contributed by atoms with Crippen molar-refractivity contribution in [2.24, 2.45) is 0 Å². The molecule has 6 heteroatoms. The Kier molecular flexibility index (Phi) is 1.92. The lowest BCUT2D eigenvalue weighted by Gasteiger charge is -2.02. The maximum absolute atomic E-state index is 13.1. The van der Waals surface area contributed by atoms with Gasteiger partial charge in [0.2, 0.25) is 0 Å². The zero-order chi connectivity index (χ0) is 11.2. The van der Waals surface area contributed by atoms with Crippen LogP contribution in [0.4, 0.5) is 8.78 Å². The average Bonchev–Trinajstić information content (AvgIpc) is 2.17. The monoisotopic (exact) mass is 212 g/mol. The first kappa shape index (κ1) is 9.57. The molecule has 2 rings (SSSR count). The molecule has 0 bridgehead atoms. The lowest BCUT2D eigenvalue weighted by atomic mass is 10.1. The van der Waals surface area contributed by atoms with E-state index in [9.17, 15) is 18.4 Å². The number of aryl methyl sites for hydroxylation is 1. The molecular weight excluding hydrogens is 206 g/mol. The van der Waals surface area contributed by atoms with Crippen LogP contribution in [0.3, 0.4) is 0 Å². The highest BCUT2D eigenvalue weighted by atomic mass is 19.2. The summed E-state index contributed by atoms with van der Waals surface area (Å²) in [4.78, 5) is 26.4. The number of hydrogen-bond donors (Lipinski definition) is 2. The molecule has 0 aliphatic carbocycles. The van der Waals surface area contributed by atoms with Gasteiger partial charge in [0.15, 0.2) is 11.6 Å². The number of fused-ring (bicyclic) bond motifs is 1. The van der Waals surface area contributed by atoms with E-state index in [2.05, 4.69) is 4.98 Å². The molecule has 1 heterocycles. The van der Waals surface area contributed by atoms with Gasteiger partial charge in [-0.25, -0.2) is 13.6 Å². The number of aromatic nitrogens is 2. The summed E-state index contributed by atoms with van der Waals surface area (Å²) in [6, 6.07) is 0.756. The van der Waals surface area contributed by atoms with Crippen LogP contribution in [0.1, 0.15) is 5.56 Å². The van der Waals surface area contributed by atoms with Gasteiger partial charge in [-0.1, -0.05) is 0 Å². The lowest BCUT2D eigenvalue weighted by molar-refractivity contribution is 0.505. The summed E-state index contributed by atoms with van der Waals surface area (Å²) in [7, 11) is 0. The van der Waals surface area contributed by atoms with E-state index in [1.165, 1.54) is 6.92 Å². The van der Waals surface area contributed by atoms with Crippen molar-refractivity contribution in [1.29, 1.82) is 0 Å². The minimum atomic E-state index is -1.11. The van der Waals surface area contributed by atoms with Gasteiger partial charge < -0.3 is 4.98 Å². The first-order chi connectivity index (χ1) is 7.00. The van der Waals surface area contributed by atoms with E-state index in [0.29, 0.717) is 0 Å². The fraction of sp³-hybridized carbons (Fsp3) is 0.111. The third kappa shape index (κ3) is 1.34. The Labute approximate surface area is 81.6 Å². The number of benzene rings is 1. The van der Waals surface area contributed by atoms with E-state index in [1.807, 2.05) is 4.98 Å². The molecular formula is C9H6F2N2O2. The van der Waals surface area contributed by atoms with Crippen molar-refractivity contribution >= 4 is 10.9 Å². The van der Waals surface area contributed by atoms with Crippen molar-refractivity contribution in [2.75, 3.05) is 0 Å². The fourth-order valence-electron chi connectivity index (χ4n) is 1.41. The first-order valence-electron chi connectivity index (χ1n) is 4.11. The summed E-state index contributed by atoms with van der Waals surface area (Å²) >= 11 is 0. The summed E-state index contributed by atoms with van der Waals surface area (Å²) in [5.41, 5.74) is -1.56. The third-order valence-corrected chi connectivity index (χ3v) is 2.16. The fourth-order valence-corrected chi connectivity index (χ4v) is 1.41. The van der Waals surface area contributed by atoms with E-state index < -0.39 is 22.9 Å². The standard InChI is InChI=1S/C9H6F2N2O2/c1-3-6(11)5(10)2-4-7(3)12-9(15)13-8(4)14/h2H,1H3,(H2,12,13,14,15). The number of aromatic amines is 2. The Morgan fingerprint density at radius 1 is 1.20 bits per heavy atom. The summed E-state index contributed by atoms with van der Waals surface area (Å²) in [5.74, 6) is -2.18. The predicted molar refractivity (Wildman–Crippen MR) is 49.8 cm³/mol. The molecule has 2 N–H and O–H groups in total. The molecule has 0 atom stereocenters. The van der Waals surface area contributed by atoms with E-state index in [1.54, 1.807) is 0 Å². The largest absolute Gasteiger partial charge is 0.326 e. The first-order valence-corrected chi connectivity index (χ1v) is 4.11. The molecule has 2 aromatic rings. The van der Waals surface area contributed by atoms with Crippen LogP contribution < -0.4 is 11.2 Å². The lowest BCUT2D eigenvalue weighted by Crippen LogP contribution is -2.22. The Balaban J connectivity index is 3.12. The van der Waals surface area contributed by atoms with Gasteiger partial charge >= 0.3 is 5.69 Å². The van der Waals surface area contributed by atoms with Gasteiger partial charge in [0.25, 0.3) is 5.56 Å². The van der Waals surface area contributed by atoms with E-state index in [0.717, 1.165) is 6.07 Å². The summed E-state index contributed by atoms with van der Waals surface area (Å²) < 4.78 is 26.1. The second kappa shape index (κ2) is 3.01. The number of halogens is 2. The SMILES string of the molecule is Cc1c(F)c(F)cc2c(=O)[nH]c(=O)[nH]c12. The van der Waals surface area contributed by atoms with Crippen molar-refractivity contribution in [3.63, 3.8) is 0 Å². The molecule has 0 aliphatic rings. The minimum absolute atomic E-state index is 0.0163. The van der Waals surface area contributed by atoms with Crippen LogP contribution >= 0.6 is 0 Å². The Morgan fingerprint density at radius 3 is 2.53 bits per heavy atom. The van der Waals surface area contributed by atoms with Gasteiger partial charge in [0.05, 0.1) is 10.9 Å². The average molecular weight is 212 g/mol. The topological polar surface area (TPSA) is 65.7 Å². The van der Waals surface area contributed by atoms with Crippen LogP contribution in [0.5, 0.6) is 0 Å². The Bertz CT molecular complexity index is 657. The highest BCUT2D eigenvalue weighted by molar-refractivity contribution is 5.80. The summed E-state index contributed by atoms with van der Waals surface area (Å²) in [6.07, 6.45) is 0. The van der Waals surface area contributed by atoms with Gasteiger partial charge in [-0.05, 0) is 13.0 Å². The molecule has 0 unspecified atom stereocenters. The van der Waals surface area contributed by atoms with Crippen molar-refractivity contribution in [2.45, 2.75) is 6.92 Å². The molecule has 0 aliphatic heterocycles. The highest BCUT2D eigenvalue weighted by Crippen LogP contribution is 2.18. The molecule has 15 heavy (non-hydrogen) atoms. The summed E-state index contributed by atoms with van der Waals surface area (Å²) in [5, 5.41) is -0.0778. The van der Waals surface area contributed by atoms with Gasteiger partial charge in [0.1, 0.15) is 0 Å². The van der Waals surface area contributed by atoms with Crippen molar-refractivity contribution in [3.8, 4) is 0 Å². The Morgan fingerprint density at radius 2 is 1.87 bits per heavy atom. The molecule has 78 valence electrons. The van der Waals surface area contributed by atoms with Gasteiger partial charge in [-0.2, -0.15) is 0 Å². The molecule has 0 spiro atoms. The molecule has 0 saturated carbocycles. The third-order valence-electron chi connectivity index (χ3n) is 2.16. The second-order valence-corrected chi connectivity index (χ2v) is 3.13. The van der Waals surface area contributed by atoms with Crippen LogP contribution in [-0.4, -0.2) is 9.97 Å². The predicted octanol–water partition coefficient (Wildman–Crippen LogP) is 0.803. The molecule has 0 fully saturated rings. The highest BCUT2D eigenvalue weighted by Gasteiger charge is 2.12. The van der Waals surface area contributed by atoms with Crippen molar-refractivity contribution < 1.29 is 8.78 Å². The van der Waals surface area contributed by atoms with Crippen LogP contribution in [0.15, 0.2) is 15.7 Å². The van der Waals surface area contributed by atoms with Gasteiger partial charge in [-0.15, -0.1) is 0 Å². The number of H-pyrrole nitrogens is 2. The number of rotatable bonds is 0. The zero-order valence-electron chi connectivity index (χ0n) is 7.65. The number of hydrogen-bond acceptors (Lipinski definition) is 2. The second-order valence-electron chi connectivity index (χ2n) is 3.13. The van der Waals surface area contributed by atoms with Crippen LogP contribution in [0.2, 0.25) is 0 Å². The molecule has 0 amide bonds. The maximum Gasteiger partial charge on any atom is 0.326 e. The van der Waals surface area contributed by atoms with Crippen LogP contribution in [0, 0.1) is 18.6 Å². The van der Waals surface area contributed by atoms with Gasteiger partial charge in [-0.3, -0.25) is 9.78 Å². The zero-order valence-corrected chi connectivity index (χ0v) is 7.65. The van der Waals surface area contributed by atoms with Crippen LogP contribution in [0.25, 0.3) is 10.9 Å². The maximum atomic E-state index is 13.1. The van der Waals surface area contributed by atoms with E-state index in [4.69, 9.17) is 0 Å².